The summed E-state index contributed by atoms with van der Waals surface area (Å²) < 4.78 is 19.0. The molecule has 0 bridgehead atoms. The Morgan fingerprint density at radius 1 is 1.22 bits per heavy atom. The highest BCUT2D eigenvalue weighted by molar-refractivity contribution is 5.58. The van der Waals surface area contributed by atoms with Crippen LogP contribution in [0.4, 0.5) is 10.1 Å². The lowest BCUT2D eigenvalue weighted by Crippen LogP contribution is -2.23. The third-order valence-corrected chi connectivity index (χ3v) is 3.10. The van der Waals surface area contributed by atoms with E-state index in [0.29, 0.717) is 12.3 Å². The van der Waals surface area contributed by atoms with E-state index < -0.39 is 0 Å². The maximum atomic E-state index is 13.2. The van der Waals surface area contributed by atoms with Gasteiger partial charge >= 0.3 is 0 Å². The molecule has 0 fully saturated rings. The van der Waals surface area contributed by atoms with Crippen LogP contribution in [0, 0.1) is 12.7 Å². The van der Waals surface area contributed by atoms with E-state index >= 15 is 0 Å². The molecule has 3 heteroatoms. The standard InChI is InChI=1S/C15H14FNO/c1-10-3-2-4-11(7-10)15-9-17-13-6-5-12(16)8-14(13)18-15/h2-8,15,17H,9H2,1H3. The van der Waals surface area contributed by atoms with Gasteiger partial charge in [-0.15, -0.1) is 0 Å². The molecule has 92 valence electrons. The van der Waals surface area contributed by atoms with Gasteiger partial charge in [-0.3, -0.25) is 0 Å². The summed E-state index contributed by atoms with van der Waals surface area (Å²) in [5.41, 5.74) is 3.15. The normalized spacial score (nSPS) is 17.6. The summed E-state index contributed by atoms with van der Waals surface area (Å²) in [6.07, 6.45) is -0.0702. The first-order valence-electron chi connectivity index (χ1n) is 5.99. The number of hydrogen-bond donors (Lipinski definition) is 1. The molecular weight excluding hydrogens is 229 g/mol. The third kappa shape index (κ3) is 2.04. The second-order valence-corrected chi connectivity index (χ2v) is 4.54. The van der Waals surface area contributed by atoms with Crippen LogP contribution < -0.4 is 10.1 Å². The Hall–Kier alpha value is -2.03. The molecule has 1 unspecified atom stereocenters. The largest absolute Gasteiger partial charge is 0.482 e. The van der Waals surface area contributed by atoms with Crippen LogP contribution in [0.25, 0.3) is 0 Å². The fourth-order valence-electron chi connectivity index (χ4n) is 2.19. The van der Waals surface area contributed by atoms with Crippen molar-refractivity contribution in [3.63, 3.8) is 0 Å². The van der Waals surface area contributed by atoms with E-state index in [0.717, 1.165) is 11.3 Å². The minimum absolute atomic E-state index is 0.0702. The molecule has 0 saturated heterocycles. The number of rotatable bonds is 1. The molecule has 0 amide bonds. The van der Waals surface area contributed by atoms with Crippen molar-refractivity contribution in [2.75, 3.05) is 11.9 Å². The number of nitrogens with one attached hydrogen (secondary N) is 1. The summed E-state index contributed by atoms with van der Waals surface area (Å²) >= 11 is 0. The van der Waals surface area contributed by atoms with Gasteiger partial charge in [0.2, 0.25) is 0 Å². The zero-order chi connectivity index (χ0) is 12.5. The molecule has 2 aromatic carbocycles. The van der Waals surface area contributed by atoms with Crippen LogP contribution in [0.5, 0.6) is 5.75 Å². The van der Waals surface area contributed by atoms with Gasteiger partial charge in [-0.25, -0.2) is 4.39 Å². The molecule has 1 aliphatic rings. The molecule has 1 N–H and O–H groups in total. The van der Waals surface area contributed by atoms with Gasteiger partial charge < -0.3 is 10.1 Å². The number of aryl methyl sites for hydroxylation is 1. The van der Waals surface area contributed by atoms with Crippen LogP contribution in [0.2, 0.25) is 0 Å². The Balaban J connectivity index is 1.90. The number of anilines is 1. The first-order valence-corrected chi connectivity index (χ1v) is 5.99. The predicted octanol–water partition coefficient (Wildman–Crippen LogP) is 3.68. The van der Waals surface area contributed by atoms with Gasteiger partial charge in [0.25, 0.3) is 0 Å². The van der Waals surface area contributed by atoms with Crippen molar-refractivity contribution >= 4 is 5.69 Å². The summed E-state index contributed by atoms with van der Waals surface area (Å²) in [5.74, 6) is 0.299. The molecule has 0 aromatic heterocycles. The quantitative estimate of drug-likeness (QED) is 0.825. The Labute approximate surface area is 105 Å². The van der Waals surface area contributed by atoms with E-state index in [4.69, 9.17) is 4.74 Å². The van der Waals surface area contributed by atoms with Crippen LogP contribution in [0.1, 0.15) is 17.2 Å². The van der Waals surface area contributed by atoms with Gasteiger partial charge in [-0.2, -0.15) is 0 Å². The van der Waals surface area contributed by atoms with E-state index in [-0.39, 0.29) is 11.9 Å². The monoisotopic (exact) mass is 243 g/mol. The fourth-order valence-corrected chi connectivity index (χ4v) is 2.19. The van der Waals surface area contributed by atoms with E-state index in [1.807, 2.05) is 25.1 Å². The third-order valence-electron chi connectivity index (χ3n) is 3.10. The molecule has 0 radical (unpaired) electrons. The Bertz CT molecular complexity index is 582. The number of hydrogen-bond acceptors (Lipinski definition) is 2. The Morgan fingerprint density at radius 2 is 2.11 bits per heavy atom. The maximum absolute atomic E-state index is 13.2. The van der Waals surface area contributed by atoms with Crippen molar-refractivity contribution in [1.82, 2.24) is 0 Å². The molecule has 1 heterocycles. The molecule has 0 aliphatic carbocycles. The average Bonchev–Trinajstić information content (AvgIpc) is 2.38. The predicted molar refractivity (Wildman–Crippen MR) is 69.4 cm³/mol. The second kappa shape index (κ2) is 4.33. The van der Waals surface area contributed by atoms with E-state index in [1.165, 1.54) is 17.7 Å². The Kier molecular flexibility index (Phi) is 2.67. The second-order valence-electron chi connectivity index (χ2n) is 4.54. The molecule has 0 spiro atoms. The molecule has 0 saturated carbocycles. The van der Waals surface area contributed by atoms with Crippen LogP contribution in [0.3, 0.4) is 0 Å². The van der Waals surface area contributed by atoms with Gasteiger partial charge in [0.1, 0.15) is 17.7 Å². The minimum Gasteiger partial charge on any atom is -0.482 e. The van der Waals surface area contributed by atoms with Crippen molar-refractivity contribution in [2.45, 2.75) is 13.0 Å². The number of fused-ring (bicyclic) bond motifs is 1. The molecule has 3 rings (SSSR count). The topological polar surface area (TPSA) is 21.3 Å². The van der Waals surface area contributed by atoms with Gasteiger partial charge in [0, 0.05) is 6.07 Å². The molecular formula is C15H14FNO. The first-order chi connectivity index (χ1) is 8.72. The summed E-state index contributed by atoms with van der Waals surface area (Å²) in [6, 6.07) is 12.7. The average molecular weight is 243 g/mol. The zero-order valence-electron chi connectivity index (χ0n) is 10.1. The SMILES string of the molecule is Cc1cccc(C2CNc3ccc(F)cc3O2)c1. The number of halogens is 1. The lowest BCUT2D eigenvalue weighted by Gasteiger charge is -2.27. The molecule has 2 aromatic rings. The number of benzene rings is 2. The summed E-state index contributed by atoms with van der Waals surface area (Å²) in [6.45, 7) is 2.75. The maximum Gasteiger partial charge on any atom is 0.146 e. The van der Waals surface area contributed by atoms with Crippen molar-refractivity contribution in [1.29, 1.82) is 0 Å². The smallest absolute Gasteiger partial charge is 0.146 e. The molecule has 1 atom stereocenters. The summed E-state index contributed by atoms with van der Waals surface area (Å²) in [7, 11) is 0. The molecule has 1 aliphatic heterocycles. The van der Waals surface area contributed by atoms with Crippen molar-refractivity contribution in [3.8, 4) is 5.75 Å². The first kappa shape index (κ1) is 11.1. The van der Waals surface area contributed by atoms with Gasteiger partial charge in [-0.1, -0.05) is 29.8 Å². The van der Waals surface area contributed by atoms with E-state index in [2.05, 4.69) is 11.4 Å². The van der Waals surface area contributed by atoms with Crippen molar-refractivity contribution in [3.05, 3.63) is 59.4 Å². The van der Waals surface area contributed by atoms with Gasteiger partial charge in [0.05, 0.1) is 12.2 Å². The van der Waals surface area contributed by atoms with Crippen LogP contribution in [-0.2, 0) is 0 Å². The fraction of sp³-hybridized carbons (Fsp3) is 0.200. The number of ether oxygens (including phenoxy) is 1. The molecule has 18 heavy (non-hydrogen) atoms. The highest BCUT2D eigenvalue weighted by atomic mass is 19.1. The van der Waals surface area contributed by atoms with Gasteiger partial charge in [0.15, 0.2) is 0 Å². The lowest BCUT2D eigenvalue weighted by molar-refractivity contribution is 0.209. The molecule has 2 nitrogen and oxygen atoms in total. The summed E-state index contributed by atoms with van der Waals surface area (Å²) in [5, 5.41) is 3.27. The highest BCUT2D eigenvalue weighted by Gasteiger charge is 2.21. The Morgan fingerprint density at radius 3 is 2.94 bits per heavy atom. The van der Waals surface area contributed by atoms with Crippen LogP contribution in [0.15, 0.2) is 42.5 Å². The lowest BCUT2D eigenvalue weighted by atomic mass is 10.1. The van der Waals surface area contributed by atoms with Gasteiger partial charge in [-0.05, 0) is 24.6 Å². The van der Waals surface area contributed by atoms with E-state index in [1.54, 1.807) is 6.07 Å². The highest BCUT2D eigenvalue weighted by Crippen LogP contribution is 2.34. The minimum atomic E-state index is -0.277. The van der Waals surface area contributed by atoms with Crippen molar-refractivity contribution < 1.29 is 9.13 Å². The summed E-state index contributed by atoms with van der Waals surface area (Å²) in [4.78, 5) is 0. The van der Waals surface area contributed by atoms with Crippen molar-refractivity contribution in [2.24, 2.45) is 0 Å². The van der Waals surface area contributed by atoms with E-state index in [9.17, 15) is 4.39 Å². The van der Waals surface area contributed by atoms with Crippen LogP contribution in [-0.4, -0.2) is 6.54 Å². The zero-order valence-corrected chi connectivity index (χ0v) is 10.1. The van der Waals surface area contributed by atoms with Crippen LogP contribution >= 0.6 is 0 Å².